The van der Waals surface area contributed by atoms with Gasteiger partial charge in [0.1, 0.15) is 10.6 Å². The lowest BCUT2D eigenvalue weighted by atomic mass is 10.2. The van der Waals surface area contributed by atoms with E-state index in [1.807, 2.05) is 23.1 Å². The standard InChI is InChI=1S/C22H28N4O2S2/c1-4-24(5-2)22-23-20-18(30-22)15-19(29-20)21(27)26-12-6-11-25(13-14-26)16-7-9-17(28-3)10-8-16/h7-10,15H,4-6,11-14H2,1-3H3. The predicted molar refractivity (Wildman–Crippen MR) is 127 cm³/mol. The quantitative estimate of drug-likeness (QED) is 0.558. The van der Waals surface area contributed by atoms with Gasteiger partial charge in [-0.05, 0) is 50.6 Å². The summed E-state index contributed by atoms with van der Waals surface area (Å²) in [5.74, 6) is 0.993. The van der Waals surface area contributed by atoms with Crippen molar-refractivity contribution in [2.24, 2.45) is 0 Å². The Hall–Kier alpha value is -2.32. The van der Waals surface area contributed by atoms with Crippen LogP contribution in [0.5, 0.6) is 5.75 Å². The summed E-state index contributed by atoms with van der Waals surface area (Å²) in [5.41, 5.74) is 1.18. The summed E-state index contributed by atoms with van der Waals surface area (Å²) in [6.45, 7) is 9.48. The first-order valence-electron chi connectivity index (χ1n) is 10.5. The molecule has 1 amide bonds. The van der Waals surface area contributed by atoms with Gasteiger partial charge in [0, 0.05) is 45.0 Å². The Kier molecular flexibility index (Phi) is 6.43. The van der Waals surface area contributed by atoms with Crippen molar-refractivity contribution in [3.05, 3.63) is 35.2 Å². The van der Waals surface area contributed by atoms with Gasteiger partial charge >= 0.3 is 0 Å². The van der Waals surface area contributed by atoms with Gasteiger partial charge in [-0.3, -0.25) is 4.79 Å². The Morgan fingerprint density at radius 3 is 2.53 bits per heavy atom. The maximum absolute atomic E-state index is 13.1. The predicted octanol–water partition coefficient (Wildman–Crippen LogP) is 4.57. The van der Waals surface area contributed by atoms with E-state index < -0.39 is 0 Å². The molecule has 0 atom stereocenters. The summed E-state index contributed by atoms with van der Waals surface area (Å²) in [4.78, 5) is 26.3. The molecule has 4 rings (SSSR count). The minimum Gasteiger partial charge on any atom is -0.497 e. The molecule has 8 heteroatoms. The van der Waals surface area contributed by atoms with Crippen molar-refractivity contribution in [1.82, 2.24) is 9.88 Å². The number of fused-ring (bicyclic) bond motifs is 1. The van der Waals surface area contributed by atoms with Gasteiger partial charge in [0.25, 0.3) is 5.91 Å². The smallest absolute Gasteiger partial charge is 0.264 e. The van der Waals surface area contributed by atoms with Gasteiger partial charge in [0.2, 0.25) is 0 Å². The number of aromatic nitrogens is 1. The molecule has 3 aromatic rings. The second-order valence-electron chi connectivity index (χ2n) is 7.28. The fraction of sp³-hybridized carbons (Fsp3) is 0.455. The number of thiophene rings is 1. The molecule has 0 unspecified atom stereocenters. The first-order valence-corrected chi connectivity index (χ1v) is 12.1. The minimum absolute atomic E-state index is 0.131. The molecule has 0 spiro atoms. The van der Waals surface area contributed by atoms with Crippen molar-refractivity contribution in [3.63, 3.8) is 0 Å². The van der Waals surface area contributed by atoms with Crippen LogP contribution in [0.15, 0.2) is 30.3 Å². The SMILES string of the molecule is CCN(CC)c1nc2sc(C(=O)N3CCCN(c4ccc(OC)cc4)CC3)cc2s1. The Morgan fingerprint density at radius 1 is 1.10 bits per heavy atom. The molecule has 1 fully saturated rings. The van der Waals surface area contributed by atoms with E-state index in [1.54, 1.807) is 18.4 Å². The molecule has 0 radical (unpaired) electrons. The zero-order valence-electron chi connectivity index (χ0n) is 17.8. The molecular weight excluding hydrogens is 416 g/mol. The van der Waals surface area contributed by atoms with Crippen LogP contribution in [0, 0.1) is 0 Å². The van der Waals surface area contributed by atoms with Crippen LogP contribution >= 0.6 is 22.7 Å². The molecule has 0 N–H and O–H groups in total. The van der Waals surface area contributed by atoms with Crippen molar-refractivity contribution in [1.29, 1.82) is 0 Å². The number of amides is 1. The van der Waals surface area contributed by atoms with Crippen LogP contribution in [-0.2, 0) is 0 Å². The summed E-state index contributed by atoms with van der Waals surface area (Å²) in [6, 6.07) is 10.2. The molecule has 1 saturated heterocycles. The zero-order chi connectivity index (χ0) is 21.1. The second kappa shape index (κ2) is 9.22. The van der Waals surface area contributed by atoms with E-state index in [2.05, 4.69) is 35.8 Å². The zero-order valence-corrected chi connectivity index (χ0v) is 19.4. The topological polar surface area (TPSA) is 48.9 Å². The van der Waals surface area contributed by atoms with E-state index in [9.17, 15) is 4.79 Å². The van der Waals surface area contributed by atoms with Gasteiger partial charge in [0.05, 0.1) is 16.7 Å². The number of methoxy groups -OCH3 is 1. The average molecular weight is 445 g/mol. The van der Waals surface area contributed by atoms with E-state index in [-0.39, 0.29) is 5.91 Å². The Balaban J connectivity index is 1.43. The third-order valence-corrected chi connectivity index (χ3v) is 7.75. The van der Waals surface area contributed by atoms with Crippen LogP contribution in [0.1, 0.15) is 29.9 Å². The minimum atomic E-state index is 0.131. The molecule has 1 aromatic carbocycles. The molecule has 2 aromatic heterocycles. The lowest BCUT2D eigenvalue weighted by Gasteiger charge is -2.23. The number of hydrogen-bond donors (Lipinski definition) is 0. The largest absolute Gasteiger partial charge is 0.497 e. The van der Waals surface area contributed by atoms with Crippen LogP contribution in [0.2, 0.25) is 0 Å². The molecule has 0 aliphatic carbocycles. The highest BCUT2D eigenvalue weighted by molar-refractivity contribution is 7.29. The van der Waals surface area contributed by atoms with Crippen molar-refractivity contribution in [3.8, 4) is 5.75 Å². The number of anilines is 2. The van der Waals surface area contributed by atoms with Crippen LogP contribution in [0.4, 0.5) is 10.8 Å². The van der Waals surface area contributed by atoms with Gasteiger partial charge in [0.15, 0.2) is 5.13 Å². The molecule has 1 aliphatic rings. The van der Waals surface area contributed by atoms with E-state index in [4.69, 9.17) is 9.72 Å². The summed E-state index contributed by atoms with van der Waals surface area (Å²) >= 11 is 3.20. The van der Waals surface area contributed by atoms with Crippen molar-refractivity contribution >= 4 is 48.9 Å². The fourth-order valence-corrected chi connectivity index (χ4v) is 6.09. The van der Waals surface area contributed by atoms with Crippen molar-refractivity contribution < 1.29 is 9.53 Å². The van der Waals surface area contributed by atoms with Gasteiger partial charge in [-0.25, -0.2) is 4.98 Å². The molecule has 0 saturated carbocycles. The molecule has 3 heterocycles. The normalized spacial score (nSPS) is 14.8. The highest BCUT2D eigenvalue weighted by Gasteiger charge is 2.23. The van der Waals surface area contributed by atoms with E-state index in [0.717, 1.165) is 71.0 Å². The Labute approximate surface area is 185 Å². The number of rotatable bonds is 6. The lowest BCUT2D eigenvalue weighted by Crippen LogP contribution is -2.34. The molecular formula is C22H28N4O2S2. The molecule has 1 aliphatic heterocycles. The highest BCUT2D eigenvalue weighted by atomic mass is 32.1. The maximum Gasteiger partial charge on any atom is 0.264 e. The highest BCUT2D eigenvalue weighted by Crippen LogP contribution is 2.35. The number of nitrogens with zero attached hydrogens (tertiary/aromatic N) is 4. The number of benzene rings is 1. The van der Waals surface area contributed by atoms with E-state index >= 15 is 0 Å². The molecule has 6 nitrogen and oxygen atoms in total. The summed E-state index contributed by atoms with van der Waals surface area (Å²) < 4.78 is 6.36. The molecule has 160 valence electrons. The molecule has 30 heavy (non-hydrogen) atoms. The van der Waals surface area contributed by atoms with Crippen molar-refractivity contribution in [2.75, 3.05) is 56.2 Å². The third kappa shape index (κ3) is 4.25. The van der Waals surface area contributed by atoms with Gasteiger partial charge in [-0.15, -0.1) is 11.3 Å². The Bertz CT molecular complexity index is 963. The van der Waals surface area contributed by atoms with Gasteiger partial charge in [-0.1, -0.05) is 11.3 Å². The number of hydrogen-bond acceptors (Lipinski definition) is 7. The fourth-order valence-electron chi connectivity index (χ4n) is 3.79. The number of carbonyl (C=O) groups excluding carboxylic acids is 1. The van der Waals surface area contributed by atoms with Gasteiger partial charge < -0.3 is 19.4 Å². The maximum atomic E-state index is 13.1. The monoisotopic (exact) mass is 444 g/mol. The average Bonchev–Trinajstić information content (AvgIpc) is 3.24. The number of carbonyl (C=O) groups is 1. The summed E-state index contributed by atoms with van der Waals surface area (Å²) in [5, 5.41) is 1.05. The first-order chi connectivity index (χ1) is 14.6. The van der Waals surface area contributed by atoms with Crippen LogP contribution < -0.4 is 14.5 Å². The molecule has 0 bridgehead atoms. The van der Waals surface area contributed by atoms with Crippen LogP contribution in [0.3, 0.4) is 0 Å². The number of ether oxygens (including phenoxy) is 1. The van der Waals surface area contributed by atoms with Gasteiger partial charge in [-0.2, -0.15) is 0 Å². The lowest BCUT2D eigenvalue weighted by molar-refractivity contribution is 0.0772. The van der Waals surface area contributed by atoms with E-state index in [1.165, 1.54) is 17.0 Å². The van der Waals surface area contributed by atoms with E-state index in [0.29, 0.717) is 0 Å². The van der Waals surface area contributed by atoms with Crippen molar-refractivity contribution in [2.45, 2.75) is 20.3 Å². The Morgan fingerprint density at radius 2 is 1.87 bits per heavy atom. The number of thiazole rings is 1. The second-order valence-corrected chi connectivity index (χ2v) is 9.32. The summed E-state index contributed by atoms with van der Waals surface area (Å²) in [6.07, 6.45) is 0.960. The third-order valence-electron chi connectivity index (χ3n) is 5.54. The van der Waals surface area contributed by atoms with Crippen LogP contribution in [-0.4, -0.2) is 62.2 Å². The first kappa shape index (κ1) is 20.9. The van der Waals surface area contributed by atoms with Crippen LogP contribution in [0.25, 0.3) is 9.53 Å². The summed E-state index contributed by atoms with van der Waals surface area (Å²) in [7, 11) is 1.68.